The Morgan fingerprint density at radius 3 is 2.47 bits per heavy atom. The number of carbonyl (C=O) groups excluding carboxylic acids is 1. The summed E-state index contributed by atoms with van der Waals surface area (Å²) in [5, 5.41) is 8.94. The second-order valence-electron chi connectivity index (χ2n) is 3.44. The fourth-order valence-corrected chi connectivity index (χ4v) is 1.35. The van der Waals surface area contributed by atoms with Crippen molar-refractivity contribution < 1.29 is 19.4 Å². The topological polar surface area (TPSA) is 63.6 Å². The lowest BCUT2D eigenvalue weighted by Crippen LogP contribution is -2.17. The average Bonchev–Trinajstić information content (AvgIpc) is 2.35. The minimum Gasteiger partial charge on any atom is -0.478 e. The zero-order chi connectivity index (χ0) is 12.8. The van der Waals surface area contributed by atoms with Crippen molar-refractivity contribution >= 4 is 11.9 Å². The number of esters is 1. The van der Waals surface area contributed by atoms with Crippen molar-refractivity contribution in [1.82, 2.24) is 0 Å². The Morgan fingerprint density at radius 2 is 2.00 bits per heavy atom. The zero-order valence-corrected chi connectivity index (χ0v) is 9.55. The molecule has 0 aliphatic rings. The molecular formula is C13H14O4. The van der Waals surface area contributed by atoms with E-state index < -0.39 is 18.0 Å². The standard InChI is InChI=1S/C13H14O4/c1-3-9(4-2)17-13(16)11-8-6-5-7-10(11)12(14)15/h3,5-9H,1,4H2,2H3,(H,14,15)/t9-/m1/s1. The van der Waals surface area contributed by atoms with Crippen LogP contribution in [0.3, 0.4) is 0 Å². The molecule has 4 heteroatoms. The Morgan fingerprint density at radius 1 is 1.41 bits per heavy atom. The molecule has 0 amide bonds. The highest BCUT2D eigenvalue weighted by Crippen LogP contribution is 2.12. The molecule has 0 bridgehead atoms. The van der Waals surface area contributed by atoms with Crippen molar-refractivity contribution in [3.63, 3.8) is 0 Å². The van der Waals surface area contributed by atoms with Crippen LogP contribution >= 0.6 is 0 Å². The van der Waals surface area contributed by atoms with Gasteiger partial charge < -0.3 is 9.84 Å². The van der Waals surface area contributed by atoms with Crippen LogP contribution in [0, 0.1) is 0 Å². The third-order valence-electron chi connectivity index (χ3n) is 2.30. The normalized spacial score (nSPS) is 11.6. The van der Waals surface area contributed by atoms with Gasteiger partial charge in [-0.05, 0) is 18.6 Å². The highest BCUT2D eigenvalue weighted by molar-refractivity contribution is 6.02. The molecule has 1 atom stereocenters. The fraction of sp³-hybridized carbons (Fsp3) is 0.231. The minimum absolute atomic E-state index is 0.0558. The summed E-state index contributed by atoms with van der Waals surface area (Å²) in [6, 6.07) is 5.96. The first-order chi connectivity index (χ1) is 8.10. The summed E-state index contributed by atoms with van der Waals surface area (Å²) < 4.78 is 5.11. The van der Waals surface area contributed by atoms with Gasteiger partial charge in [0.2, 0.25) is 0 Å². The van der Waals surface area contributed by atoms with Crippen LogP contribution in [-0.4, -0.2) is 23.1 Å². The highest BCUT2D eigenvalue weighted by atomic mass is 16.5. The molecule has 0 spiro atoms. The molecule has 0 aliphatic carbocycles. The number of carbonyl (C=O) groups is 2. The lowest BCUT2D eigenvalue weighted by molar-refractivity contribution is 0.0382. The summed E-state index contributed by atoms with van der Waals surface area (Å²) in [6.45, 7) is 5.39. The van der Waals surface area contributed by atoms with Crippen LogP contribution in [0.5, 0.6) is 0 Å². The lowest BCUT2D eigenvalue weighted by atomic mass is 10.1. The van der Waals surface area contributed by atoms with Crippen molar-refractivity contribution in [2.45, 2.75) is 19.4 Å². The van der Waals surface area contributed by atoms with Crippen molar-refractivity contribution in [2.24, 2.45) is 0 Å². The van der Waals surface area contributed by atoms with E-state index in [1.54, 1.807) is 12.1 Å². The Balaban J connectivity index is 2.96. The molecule has 17 heavy (non-hydrogen) atoms. The third kappa shape index (κ3) is 3.17. The van der Waals surface area contributed by atoms with E-state index in [-0.39, 0.29) is 11.1 Å². The van der Waals surface area contributed by atoms with Crippen LogP contribution in [0.2, 0.25) is 0 Å². The maximum absolute atomic E-state index is 11.8. The van der Waals surface area contributed by atoms with Gasteiger partial charge in [0.25, 0.3) is 0 Å². The van der Waals surface area contributed by atoms with Gasteiger partial charge >= 0.3 is 11.9 Å². The number of carboxylic acids is 1. The second-order valence-corrected chi connectivity index (χ2v) is 3.44. The Bertz CT molecular complexity index is 437. The minimum atomic E-state index is -1.15. The predicted octanol–water partition coefficient (Wildman–Crippen LogP) is 2.51. The average molecular weight is 234 g/mol. The molecular weight excluding hydrogens is 220 g/mol. The van der Waals surface area contributed by atoms with E-state index >= 15 is 0 Å². The summed E-state index contributed by atoms with van der Waals surface area (Å²) in [5.74, 6) is -1.79. The van der Waals surface area contributed by atoms with Gasteiger partial charge in [0.1, 0.15) is 6.10 Å². The van der Waals surface area contributed by atoms with E-state index in [9.17, 15) is 9.59 Å². The molecule has 4 nitrogen and oxygen atoms in total. The smallest absolute Gasteiger partial charge is 0.339 e. The molecule has 1 N–H and O–H groups in total. The third-order valence-corrected chi connectivity index (χ3v) is 2.30. The van der Waals surface area contributed by atoms with Crippen molar-refractivity contribution in [2.75, 3.05) is 0 Å². The first-order valence-electron chi connectivity index (χ1n) is 5.26. The maximum atomic E-state index is 11.8. The van der Waals surface area contributed by atoms with Crippen molar-refractivity contribution in [1.29, 1.82) is 0 Å². The summed E-state index contributed by atoms with van der Waals surface area (Å²) in [6.07, 6.45) is 1.72. The number of carboxylic acid groups (broad SMARTS) is 1. The van der Waals surface area contributed by atoms with Crippen LogP contribution in [0.15, 0.2) is 36.9 Å². The number of benzene rings is 1. The van der Waals surface area contributed by atoms with Gasteiger partial charge in [0.05, 0.1) is 11.1 Å². The number of hydrogen-bond donors (Lipinski definition) is 1. The molecule has 1 rings (SSSR count). The van der Waals surface area contributed by atoms with Gasteiger partial charge in [-0.3, -0.25) is 0 Å². The van der Waals surface area contributed by atoms with E-state index in [0.29, 0.717) is 6.42 Å². The molecule has 0 fully saturated rings. The quantitative estimate of drug-likeness (QED) is 0.628. The lowest BCUT2D eigenvalue weighted by Gasteiger charge is -2.12. The van der Waals surface area contributed by atoms with E-state index in [0.717, 1.165) is 0 Å². The molecule has 0 saturated carbocycles. The molecule has 0 heterocycles. The van der Waals surface area contributed by atoms with E-state index in [2.05, 4.69) is 6.58 Å². The maximum Gasteiger partial charge on any atom is 0.339 e. The van der Waals surface area contributed by atoms with E-state index in [1.165, 1.54) is 18.2 Å². The number of aromatic carboxylic acids is 1. The van der Waals surface area contributed by atoms with Crippen LogP contribution in [0.25, 0.3) is 0 Å². The summed E-state index contributed by atoms with van der Waals surface area (Å²) in [7, 11) is 0. The van der Waals surface area contributed by atoms with E-state index in [4.69, 9.17) is 9.84 Å². The van der Waals surface area contributed by atoms with Crippen LogP contribution < -0.4 is 0 Å². The van der Waals surface area contributed by atoms with Gasteiger partial charge in [-0.1, -0.05) is 31.7 Å². The number of rotatable bonds is 5. The van der Waals surface area contributed by atoms with Gasteiger partial charge in [-0.2, -0.15) is 0 Å². The molecule has 0 saturated heterocycles. The van der Waals surface area contributed by atoms with Gasteiger partial charge in [-0.15, -0.1) is 0 Å². The largest absolute Gasteiger partial charge is 0.478 e. The monoisotopic (exact) mass is 234 g/mol. The summed E-state index contributed by atoms with van der Waals surface area (Å²) in [4.78, 5) is 22.7. The summed E-state index contributed by atoms with van der Waals surface area (Å²) >= 11 is 0. The van der Waals surface area contributed by atoms with Crippen molar-refractivity contribution in [3.05, 3.63) is 48.0 Å². The van der Waals surface area contributed by atoms with E-state index in [1.807, 2.05) is 6.92 Å². The van der Waals surface area contributed by atoms with Gasteiger partial charge in [0, 0.05) is 0 Å². The summed E-state index contributed by atoms with van der Waals surface area (Å²) in [5.41, 5.74) is -0.00304. The Hall–Kier alpha value is -2.10. The molecule has 1 aromatic rings. The zero-order valence-electron chi connectivity index (χ0n) is 9.55. The van der Waals surface area contributed by atoms with Crippen LogP contribution in [-0.2, 0) is 4.74 Å². The molecule has 0 unspecified atom stereocenters. The second kappa shape index (κ2) is 5.84. The van der Waals surface area contributed by atoms with Crippen molar-refractivity contribution in [3.8, 4) is 0 Å². The highest BCUT2D eigenvalue weighted by Gasteiger charge is 2.18. The Kier molecular flexibility index (Phi) is 4.46. The number of ether oxygens (including phenoxy) is 1. The first kappa shape index (κ1) is 13.0. The van der Waals surface area contributed by atoms with Crippen LogP contribution in [0.4, 0.5) is 0 Å². The van der Waals surface area contributed by atoms with Crippen LogP contribution in [0.1, 0.15) is 34.1 Å². The predicted molar refractivity (Wildman–Crippen MR) is 63.1 cm³/mol. The molecule has 0 radical (unpaired) electrons. The molecule has 90 valence electrons. The first-order valence-corrected chi connectivity index (χ1v) is 5.26. The Labute approximate surface area is 99.5 Å². The molecule has 0 aliphatic heterocycles. The molecule has 0 aromatic heterocycles. The fourth-order valence-electron chi connectivity index (χ4n) is 1.35. The van der Waals surface area contributed by atoms with Gasteiger partial charge in [0.15, 0.2) is 0 Å². The van der Waals surface area contributed by atoms with Gasteiger partial charge in [-0.25, -0.2) is 9.59 Å². The SMILES string of the molecule is C=C[C@H](CC)OC(=O)c1ccccc1C(=O)O. The molecule has 1 aromatic carbocycles. The number of hydrogen-bond acceptors (Lipinski definition) is 3.